The van der Waals surface area contributed by atoms with E-state index in [0.717, 1.165) is 5.69 Å². The second kappa shape index (κ2) is 5.36. The van der Waals surface area contributed by atoms with Gasteiger partial charge >= 0.3 is 0 Å². The van der Waals surface area contributed by atoms with Gasteiger partial charge in [-0.25, -0.2) is 0 Å². The van der Waals surface area contributed by atoms with Crippen molar-refractivity contribution in [2.75, 3.05) is 5.32 Å². The van der Waals surface area contributed by atoms with Crippen LogP contribution in [-0.2, 0) is 6.54 Å². The largest absolute Gasteiger partial charge is 0.321 e. The summed E-state index contributed by atoms with van der Waals surface area (Å²) in [5, 5.41) is 15.7. The first-order chi connectivity index (χ1) is 9.13. The maximum Gasteiger partial charge on any atom is 0.273 e. The lowest BCUT2D eigenvalue weighted by atomic mass is 10.2. The summed E-state index contributed by atoms with van der Waals surface area (Å²) >= 11 is 0. The number of aryl methyl sites for hydroxylation is 2. The summed E-state index contributed by atoms with van der Waals surface area (Å²) in [5.41, 5.74) is 2.56. The normalized spacial score (nSPS) is 9.95. The van der Waals surface area contributed by atoms with Crippen LogP contribution in [0.2, 0.25) is 0 Å². The quantitative estimate of drug-likeness (QED) is 0.913. The van der Waals surface area contributed by atoms with E-state index in [2.05, 4.69) is 10.4 Å². The molecular formula is C14H14N4O. The third kappa shape index (κ3) is 2.80. The third-order valence-electron chi connectivity index (χ3n) is 2.71. The summed E-state index contributed by atoms with van der Waals surface area (Å²) in [7, 11) is 0. The molecule has 0 unspecified atom stereocenters. The van der Waals surface area contributed by atoms with E-state index in [1.54, 1.807) is 35.0 Å². The van der Waals surface area contributed by atoms with Crippen LogP contribution in [0, 0.1) is 18.3 Å². The van der Waals surface area contributed by atoms with Crippen LogP contribution >= 0.6 is 0 Å². The van der Waals surface area contributed by atoms with Crippen molar-refractivity contribution in [1.29, 1.82) is 5.26 Å². The minimum Gasteiger partial charge on any atom is -0.321 e. The highest BCUT2D eigenvalue weighted by molar-refractivity contribution is 6.03. The van der Waals surface area contributed by atoms with Crippen LogP contribution < -0.4 is 5.32 Å². The number of hydrogen-bond acceptors (Lipinski definition) is 3. The number of amides is 1. The molecule has 0 radical (unpaired) electrons. The molecule has 0 aliphatic rings. The number of rotatable bonds is 3. The summed E-state index contributed by atoms with van der Waals surface area (Å²) < 4.78 is 1.66. The number of nitrogens with zero attached hydrogens (tertiary/aromatic N) is 3. The molecular weight excluding hydrogens is 240 g/mol. The van der Waals surface area contributed by atoms with Crippen molar-refractivity contribution in [1.82, 2.24) is 9.78 Å². The lowest BCUT2D eigenvalue weighted by Gasteiger charge is -2.06. The number of anilines is 1. The Hall–Kier alpha value is -2.61. The Labute approximate surface area is 111 Å². The zero-order chi connectivity index (χ0) is 13.8. The second-order valence-corrected chi connectivity index (χ2v) is 4.13. The van der Waals surface area contributed by atoms with Gasteiger partial charge in [-0.05, 0) is 44.2 Å². The molecule has 1 N–H and O–H groups in total. The van der Waals surface area contributed by atoms with Gasteiger partial charge in [0.05, 0.1) is 17.3 Å². The fourth-order valence-electron chi connectivity index (χ4n) is 1.79. The smallest absolute Gasteiger partial charge is 0.273 e. The van der Waals surface area contributed by atoms with Crippen LogP contribution in [0.3, 0.4) is 0 Å². The van der Waals surface area contributed by atoms with Crippen molar-refractivity contribution in [3.05, 3.63) is 47.3 Å². The predicted octanol–water partition coefficient (Wildman–Crippen LogP) is 2.34. The molecule has 0 aliphatic heterocycles. The minimum atomic E-state index is -0.202. The van der Waals surface area contributed by atoms with Crippen LogP contribution in [-0.4, -0.2) is 15.7 Å². The first kappa shape index (κ1) is 12.8. The lowest BCUT2D eigenvalue weighted by Crippen LogP contribution is -2.17. The molecule has 2 aromatic rings. The van der Waals surface area contributed by atoms with Gasteiger partial charge in [-0.15, -0.1) is 0 Å². The first-order valence-corrected chi connectivity index (χ1v) is 6.00. The number of carbonyl (C=O) groups excluding carboxylic acids is 1. The Morgan fingerprint density at radius 3 is 2.68 bits per heavy atom. The van der Waals surface area contributed by atoms with Crippen molar-refractivity contribution < 1.29 is 4.79 Å². The summed E-state index contributed by atoms with van der Waals surface area (Å²) in [6.45, 7) is 4.43. The van der Waals surface area contributed by atoms with Crippen molar-refractivity contribution in [3.63, 3.8) is 0 Å². The Morgan fingerprint density at radius 2 is 2.11 bits per heavy atom. The summed E-state index contributed by atoms with van der Waals surface area (Å²) in [6, 6.07) is 10.5. The average molecular weight is 254 g/mol. The molecule has 5 nitrogen and oxygen atoms in total. The number of hydrogen-bond donors (Lipinski definition) is 1. The van der Waals surface area contributed by atoms with Gasteiger partial charge in [-0.1, -0.05) is 0 Å². The second-order valence-electron chi connectivity index (χ2n) is 4.13. The highest BCUT2D eigenvalue weighted by atomic mass is 16.2. The molecule has 1 amide bonds. The maximum atomic E-state index is 12.1. The molecule has 2 rings (SSSR count). The van der Waals surface area contributed by atoms with Gasteiger partial charge in [0.15, 0.2) is 0 Å². The lowest BCUT2D eigenvalue weighted by molar-refractivity contribution is 0.101. The van der Waals surface area contributed by atoms with E-state index in [1.807, 2.05) is 19.9 Å². The molecule has 0 atom stereocenters. The monoisotopic (exact) mass is 254 g/mol. The van der Waals surface area contributed by atoms with E-state index in [0.29, 0.717) is 23.5 Å². The van der Waals surface area contributed by atoms with Crippen molar-refractivity contribution in [3.8, 4) is 6.07 Å². The fourth-order valence-corrected chi connectivity index (χ4v) is 1.79. The molecule has 0 saturated heterocycles. The average Bonchev–Trinajstić information content (AvgIpc) is 2.81. The number of nitriles is 1. The zero-order valence-electron chi connectivity index (χ0n) is 10.8. The molecule has 0 aliphatic carbocycles. The molecule has 0 saturated carbocycles. The topological polar surface area (TPSA) is 70.7 Å². The van der Waals surface area contributed by atoms with Gasteiger partial charge < -0.3 is 5.32 Å². The van der Waals surface area contributed by atoms with Crippen LogP contribution in [0.15, 0.2) is 30.3 Å². The van der Waals surface area contributed by atoms with E-state index < -0.39 is 0 Å². The van der Waals surface area contributed by atoms with E-state index in [9.17, 15) is 4.79 Å². The van der Waals surface area contributed by atoms with E-state index in [-0.39, 0.29) is 5.91 Å². The standard InChI is InChI=1S/C14H14N4O/c1-3-18-13(8-10(2)17-18)14(19)16-12-6-4-11(9-15)5-7-12/h4-8H,3H2,1-2H3,(H,16,19). The van der Waals surface area contributed by atoms with Crippen LogP contribution in [0.25, 0.3) is 0 Å². The van der Waals surface area contributed by atoms with Gasteiger partial charge in [0.2, 0.25) is 0 Å². The molecule has 0 fully saturated rings. The van der Waals surface area contributed by atoms with Crippen LogP contribution in [0.1, 0.15) is 28.7 Å². The third-order valence-corrected chi connectivity index (χ3v) is 2.71. The van der Waals surface area contributed by atoms with Gasteiger partial charge in [0.25, 0.3) is 5.91 Å². The summed E-state index contributed by atoms with van der Waals surface area (Å²) in [6.07, 6.45) is 0. The SMILES string of the molecule is CCn1nc(C)cc1C(=O)Nc1ccc(C#N)cc1. The molecule has 1 aromatic carbocycles. The van der Waals surface area contributed by atoms with Gasteiger partial charge in [0, 0.05) is 12.2 Å². The Balaban J connectivity index is 2.18. The number of benzene rings is 1. The summed E-state index contributed by atoms with van der Waals surface area (Å²) in [4.78, 5) is 12.1. The van der Waals surface area contributed by atoms with Gasteiger partial charge in [0.1, 0.15) is 5.69 Å². The van der Waals surface area contributed by atoms with E-state index in [4.69, 9.17) is 5.26 Å². The van der Waals surface area contributed by atoms with Crippen LogP contribution in [0.4, 0.5) is 5.69 Å². The van der Waals surface area contributed by atoms with E-state index >= 15 is 0 Å². The van der Waals surface area contributed by atoms with Crippen LogP contribution in [0.5, 0.6) is 0 Å². The zero-order valence-corrected chi connectivity index (χ0v) is 10.8. The number of nitrogens with one attached hydrogen (secondary N) is 1. The Bertz CT molecular complexity index is 634. The molecule has 1 aromatic heterocycles. The summed E-state index contributed by atoms with van der Waals surface area (Å²) in [5.74, 6) is -0.202. The molecule has 1 heterocycles. The first-order valence-electron chi connectivity index (χ1n) is 6.00. The van der Waals surface area contributed by atoms with Gasteiger partial charge in [-0.3, -0.25) is 9.48 Å². The van der Waals surface area contributed by atoms with Crippen molar-refractivity contribution in [2.24, 2.45) is 0 Å². The van der Waals surface area contributed by atoms with Crippen molar-refractivity contribution >= 4 is 11.6 Å². The number of carbonyl (C=O) groups is 1. The fraction of sp³-hybridized carbons (Fsp3) is 0.214. The Kier molecular flexibility index (Phi) is 3.62. The van der Waals surface area contributed by atoms with E-state index in [1.165, 1.54) is 0 Å². The Morgan fingerprint density at radius 1 is 1.42 bits per heavy atom. The minimum absolute atomic E-state index is 0.202. The highest BCUT2D eigenvalue weighted by Crippen LogP contribution is 2.11. The molecule has 5 heteroatoms. The van der Waals surface area contributed by atoms with Gasteiger partial charge in [-0.2, -0.15) is 10.4 Å². The highest BCUT2D eigenvalue weighted by Gasteiger charge is 2.13. The molecule has 19 heavy (non-hydrogen) atoms. The molecule has 0 spiro atoms. The number of aromatic nitrogens is 2. The van der Waals surface area contributed by atoms with Crippen molar-refractivity contribution in [2.45, 2.75) is 20.4 Å². The predicted molar refractivity (Wildman–Crippen MR) is 71.7 cm³/mol. The maximum absolute atomic E-state index is 12.1. The molecule has 0 bridgehead atoms. The molecule has 96 valence electrons.